The zero-order chi connectivity index (χ0) is 14.1. The van der Waals surface area contributed by atoms with E-state index < -0.39 is 0 Å². The van der Waals surface area contributed by atoms with Gasteiger partial charge >= 0.3 is 0 Å². The Kier molecular flexibility index (Phi) is 3.53. The zero-order valence-corrected chi connectivity index (χ0v) is 12.0. The van der Waals surface area contributed by atoms with Crippen LogP contribution in [0.4, 0.5) is 0 Å². The van der Waals surface area contributed by atoms with Crippen molar-refractivity contribution in [3.05, 3.63) is 53.3 Å². The Labute approximate surface area is 119 Å². The van der Waals surface area contributed by atoms with E-state index in [1.54, 1.807) is 7.11 Å². The summed E-state index contributed by atoms with van der Waals surface area (Å²) in [6.07, 6.45) is 4.82. The van der Waals surface area contributed by atoms with Crippen molar-refractivity contribution in [1.29, 1.82) is 0 Å². The monoisotopic (exact) mass is 271 g/mol. The summed E-state index contributed by atoms with van der Waals surface area (Å²) in [6.45, 7) is 2.20. The van der Waals surface area contributed by atoms with Gasteiger partial charge in [0.2, 0.25) is 0 Å². The van der Waals surface area contributed by atoms with E-state index in [4.69, 9.17) is 4.74 Å². The molecule has 2 aromatic rings. The van der Waals surface area contributed by atoms with Gasteiger partial charge in [0.1, 0.15) is 5.75 Å². The number of ether oxygens (including phenoxy) is 1. The number of methoxy groups -OCH3 is 1. The van der Waals surface area contributed by atoms with Crippen molar-refractivity contribution in [3.8, 4) is 5.75 Å². The highest BCUT2D eigenvalue weighted by atomic mass is 16.5. The molecule has 0 amide bonds. The molecule has 2 unspecified atom stereocenters. The first-order valence-electron chi connectivity index (χ1n) is 7.22. The fourth-order valence-electron chi connectivity index (χ4n) is 3.10. The van der Waals surface area contributed by atoms with Crippen molar-refractivity contribution >= 4 is 0 Å². The van der Waals surface area contributed by atoms with Crippen molar-refractivity contribution in [1.82, 2.24) is 4.57 Å². The average molecular weight is 271 g/mol. The van der Waals surface area contributed by atoms with Gasteiger partial charge in [0.25, 0.3) is 0 Å². The Hall–Kier alpha value is -1.74. The number of hydrogen-bond donors (Lipinski definition) is 1. The van der Waals surface area contributed by atoms with Crippen molar-refractivity contribution in [2.75, 3.05) is 7.11 Å². The molecule has 1 aliphatic rings. The third-order valence-corrected chi connectivity index (χ3v) is 4.33. The molecule has 3 heteroatoms. The molecule has 20 heavy (non-hydrogen) atoms. The standard InChI is InChI=1S/C17H21NO2/c1-12(13-6-8-14(20-2)9-7-13)18-11-10-15-16(18)4-3-5-17(15)19/h6-12,17,19H,3-5H2,1-2H3. The van der Waals surface area contributed by atoms with E-state index >= 15 is 0 Å². The van der Waals surface area contributed by atoms with Crippen LogP contribution in [0.2, 0.25) is 0 Å². The van der Waals surface area contributed by atoms with Gasteiger partial charge in [0.05, 0.1) is 19.3 Å². The number of rotatable bonds is 3. The molecule has 1 heterocycles. The van der Waals surface area contributed by atoms with Crippen LogP contribution in [0.5, 0.6) is 5.75 Å². The minimum Gasteiger partial charge on any atom is -0.497 e. The van der Waals surface area contributed by atoms with E-state index in [-0.39, 0.29) is 12.1 Å². The highest BCUT2D eigenvalue weighted by Gasteiger charge is 2.23. The summed E-state index contributed by atoms with van der Waals surface area (Å²) in [5.41, 5.74) is 3.65. The quantitative estimate of drug-likeness (QED) is 0.927. The summed E-state index contributed by atoms with van der Waals surface area (Å²) >= 11 is 0. The normalized spacial score (nSPS) is 19.4. The minimum atomic E-state index is -0.289. The maximum atomic E-state index is 10.1. The van der Waals surface area contributed by atoms with E-state index in [1.807, 2.05) is 12.1 Å². The molecule has 0 aliphatic heterocycles. The molecule has 0 saturated carbocycles. The van der Waals surface area contributed by atoms with Gasteiger partial charge in [0, 0.05) is 17.5 Å². The minimum absolute atomic E-state index is 0.273. The SMILES string of the molecule is COc1ccc(C(C)n2ccc3c2CCCC3O)cc1. The molecule has 2 atom stereocenters. The lowest BCUT2D eigenvalue weighted by molar-refractivity contribution is 0.155. The van der Waals surface area contributed by atoms with Gasteiger partial charge in [-0.05, 0) is 49.9 Å². The highest BCUT2D eigenvalue weighted by Crippen LogP contribution is 2.33. The second-order valence-corrected chi connectivity index (χ2v) is 5.48. The van der Waals surface area contributed by atoms with Gasteiger partial charge in [-0.3, -0.25) is 0 Å². The second-order valence-electron chi connectivity index (χ2n) is 5.48. The van der Waals surface area contributed by atoms with Crippen LogP contribution < -0.4 is 4.74 Å². The van der Waals surface area contributed by atoms with Crippen LogP contribution in [0.3, 0.4) is 0 Å². The number of hydrogen-bond acceptors (Lipinski definition) is 2. The Morgan fingerprint density at radius 2 is 2.00 bits per heavy atom. The van der Waals surface area contributed by atoms with E-state index in [0.717, 1.165) is 30.6 Å². The van der Waals surface area contributed by atoms with Gasteiger partial charge in [0.15, 0.2) is 0 Å². The first-order chi connectivity index (χ1) is 9.70. The topological polar surface area (TPSA) is 34.4 Å². The Morgan fingerprint density at radius 1 is 1.25 bits per heavy atom. The first kappa shape index (κ1) is 13.3. The van der Waals surface area contributed by atoms with Crippen LogP contribution in [0.15, 0.2) is 36.5 Å². The lowest BCUT2D eigenvalue weighted by Crippen LogP contribution is -2.15. The second kappa shape index (κ2) is 5.33. The molecule has 1 aromatic heterocycles. The third kappa shape index (κ3) is 2.22. The fourth-order valence-corrected chi connectivity index (χ4v) is 3.10. The summed E-state index contributed by atoms with van der Waals surface area (Å²) < 4.78 is 7.50. The molecule has 1 aromatic carbocycles. The lowest BCUT2D eigenvalue weighted by Gasteiger charge is -2.23. The van der Waals surface area contributed by atoms with Crippen molar-refractivity contribution in [2.24, 2.45) is 0 Å². The number of fused-ring (bicyclic) bond motifs is 1. The van der Waals surface area contributed by atoms with Crippen LogP contribution in [-0.2, 0) is 6.42 Å². The third-order valence-electron chi connectivity index (χ3n) is 4.33. The van der Waals surface area contributed by atoms with Gasteiger partial charge in [-0.1, -0.05) is 12.1 Å². The summed E-state index contributed by atoms with van der Waals surface area (Å²) in [4.78, 5) is 0. The summed E-state index contributed by atoms with van der Waals surface area (Å²) in [5, 5.41) is 10.1. The maximum Gasteiger partial charge on any atom is 0.118 e. The molecule has 0 bridgehead atoms. The Morgan fingerprint density at radius 3 is 2.70 bits per heavy atom. The van der Waals surface area contributed by atoms with E-state index in [1.165, 1.54) is 11.3 Å². The summed E-state index contributed by atoms with van der Waals surface area (Å²) in [5.74, 6) is 0.880. The van der Waals surface area contributed by atoms with E-state index in [0.29, 0.717) is 0 Å². The fraction of sp³-hybridized carbons (Fsp3) is 0.412. The molecule has 106 valence electrons. The molecule has 0 saturated heterocycles. The van der Waals surface area contributed by atoms with Crippen molar-refractivity contribution in [2.45, 2.75) is 38.3 Å². The molecule has 0 fully saturated rings. The van der Waals surface area contributed by atoms with Crippen LogP contribution >= 0.6 is 0 Å². The number of aromatic nitrogens is 1. The van der Waals surface area contributed by atoms with Crippen molar-refractivity contribution in [3.63, 3.8) is 0 Å². The molecule has 0 spiro atoms. The van der Waals surface area contributed by atoms with Gasteiger partial charge in [-0.25, -0.2) is 0 Å². The average Bonchev–Trinajstić information content (AvgIpc) is 2.92. The molecule has 1 N–H and O–H groups in total. The Bertz CT molecular complexity index is 586. The van der Waals surface area contributed by atoms with E-state index in [9.17, 15) is 5.11 Å². The lowest BCUT2D eigenvalue weighted by atomic mass is 9.95. The largest absolute Gasteiger partial charge is 0.497 e. The van der Waals surface area contributed by atoms with Crippen LogP contribution in [0.25, 0.3) is 0 Å². The molecule has 3 rings (SSSR count). The molecular weight excluding hydrogens is 250 g/mol. The summed E-state index contributed by atoms with van der Waals surface area (Å²) in [7, 11) is 1.68. The number of aliphatic hydroxyl groups is 1. The van der Waals surface area contributed by atoms with Crippen LogP contribution in [0, 0.1) is 0 Å². The molecule has 3 nitrogen and oxygen atoms in total. The van der Waals surface area contributed by atoms with Crippen LogP contribution in [-0.4, -0.2) is 16.8 Å². The van der Waals surface area contributed by atoms with E-state index in [2.05, 4.69) is 35.9 Å². The number of nitrogens with zero attached hydrogens (tertiary/aromatic N) is 1. The smallest absolute Gasteiger partial charge is 0.118 e. The summed E-state index contributed by atoms with van der Waals surface area (Å²) in [6, 6.07) is 10.5. The van der Waals surface area contributed by atoms with Gasteiger partial charge in [-0.15, -0.1) is 0 Å². The number of benzene rings is 1. The first-order valence-corrected chi connectivity index (χ1v) is 7.22. The predicted molar refractivity (Wildman–Crippen MR) is 79.1 cm³/mol. The molecule has 1 aliphatic carbocycles. The maximum absolute atomic E-state index is 10.1. The van der Waals surface area contributed by atoms with Gasteiger partial charge in [-0.2, -0.15) is 0 Å². The van der Waals surface area contributed by atoms with Gasteiger partial charge < -0.3 is 14.4 Å². The highest BCUT2D eigenvalue weighted by molar-refractivity contribution is 5.33. The Balaban J connectivity index is 1.92. The zero-order valence-electron chi connectivity index (χ0n) is 12.0. The predicted octanol–water partition coefficient (Wildman–Crippen LogP) is 3.48. The number of aliphatic hydroxyl groups excluding tert-OH is 1. The van der Waals surface area contributed by atoms with Crippen molar-refractivity contribution < 1.29 is 9.84 Å². The van der Waals surface area contributed by atoms with Crippen LogP contribution in [0.1, 0.15) is 48.7 Å². The molecule has 0 radical (unpaired) electrons. The molecular formula is C17H21NO2.